The normalized spacial score (nSPS) is 18.2. The molecule has 0 radical (unpaired) electrons. The van der Waals surface area contributed by atoms with E-state index in [2.05, 4.69) is 17.1 Å². The fourth-order valence-corrected chi connectivity index (χ4v) is 4.90. The molecular weight excluding hydrogens is 435 g/mol. The number of benzene rings is 1. The Kier molecular flexibility index (Phi) is 7.76. The van der Waals surface area contributed by atoms with E-state index in [0.29, 0.717) is 43.2 Å². The second-order valence-electron chi connectivity index (χ2n) is 9.69. The van der Waals surface area contributed by atoms with Crippen molar-refractivity contribution in [2.45, 2.75) is 58.4 Å². The van der Waals surface area contributed by atoms with E-state index in [1.165, 1.54) is 25.3 Å². The number of hydrogen-bond donors (Lipinski definition) is 1. The Morgan fingerprint density at radius 1 is 1.15 bits per heavy atom. The molecule has 3 heterocycles. The number of rotatable bonds is 9. The lowest BCUT2D eigenvalue weighted by atomic mass is 10.0. The van der Waals surface area contributed by atoms with Crippen LogP contribution in [0.3, 0.4) is 0 Å². The summed E-state index contributed by atoms with van der Waals surface area (Å²) in [5.41, 5.74) is 0.604. The first-order valence-electron chi connectivity index (χ1n) is 12.7. The summed E-state index contributed by atoms with van der Waals surface area (Å²) in [5, 5.41) is 3.08. The Bertz CT molecular complexity index is 1090. The molecule has 34 heavy (non-hydrogen) atoms. The fourth-order valence-electron chi connectivity index (χ4n) is 4.90. The van der Waals surface area contributed by atoms with Crippen molar-refractivity contribution in [1.82, 2.24) is 14.8 Å². The number of nitrogens with zero attached hydrogens (tertiary/aromatic N) is 3. The number of carbonyl (C=O) groups is 1. The van der Waals surface area contributed by atoms with Gasteiger partial charge in [-0.15, -0.1) is 0 Å². The SMILES string of the molecule is CCCCCCCCNC(=O)c1cn2c3c(c(N4CCN(C)CC4)c(F)cc3c1=O)OC[C@@H]2C. The van der Waals surface area contributed by atoms with Gasteiger partial charge < -0.3 is 24.4 Å². The standard InChI is InChI=1S/C26H37FN4O3/c1-4-5-6-7-8-9-10-28-26(33)20-16-31-18(2)17-34-25-22(31)19(24(20)32)15-21(27)23(25)30-13-11-29(3)12-14-30/h15-16,18H,4-14,17H2,1-3H3,(H,28,33)/t18-/m0/s1. The first-order valence-corrected chi connectivity index (χ1v) is 12.7. The highest BCUT2D eigenvalue weighted by atomic mass is 19.1. The molecule has 1 aromatic carbocycles. The number of unbranched alkanes of at least 4 members (excludes halogenated alkanes) is 5. The number of anilines is 1. The third-order valence-electron chi connectivity index (χ3n) is 7.02. The van der Waals surface area contributed by atoms with E-state index in [9.17, 15) is 9.59 Å². The van der Waals surface area contributed by atoms with E-state index in [1.54, 1.807) is 6.20 Å². The predicted molar refractivity (Wildman–Crippen MR) is 134 cm³/mol. The molecule has 1 atom stereocenters. The molecule has 0 aliphatic carbocycles. The van der Waals surface area contributed by atoms with Crippen LogP contribution in [0.4, 0.5) is 10.1 Å². The smallest absolute Gasteiger partial charge is 0.256 e. The molecule has 2 aromatic rings. The third kappa shape index (κ3) is 4.92. The number of halogens is 1. The first kappa shape index (κ1) is 24.5. The predicted octanol–water partition coefficient (Wildman–Crippen LogP) is 3.94. The van der Waals surface area contributed by atoms with Crippen LogP contribution < -0.4 is 20.4 Å². The maximum Gasteiger partial charge on any atom is 0.256 e. The Labute approximate surface area is 200 Å². The van der Waals surface area contributed by atoms with Crippen molar-refractivity contribution in [3.8, 4) is 5.75 Å². The lowest BCUT2D eigenvalue weighted by molar-refractivity contribution is 0.0950. The summed E-state index contributed by atoms with van der Waals surface area (Å²) in [7, 11) is 2.05. The van der Waals surface area contributed by atoms with Crippen LogP contribution in [0.1, 0.15) is 68.8 Å². The van der Waals surface area contributed by atoms with Gasteiger partial charge in [0.2, 0.25) is 5.43 Å². The summed E-state index contributed by atoms with van der Waals surface area (Å²) >= 11 is 0. The van der Waals surface area contributed by atoms with Gasteiger partial charge in [-0.1, -0.05) is 39.0 Å². The minimum absolute atomic E-state index is 0.0601. The number of ether oxygens (including phenoxy) is 1. The minimum atomic E-state index is -0.477. The number of piperazine rings is 1. The van der Waals surface area contributed by atoms with Crippen LogP contribution in [0.2, 0.25) is 0 Å². The third-order valence-corrected chi connectivity index (χ3v) is 7.02. The number of hydrogen-bond acceptors (Lipinski definition) is 5. The van der Waals surface area contributed by atoms with E-state index in [-0.39, 0.29) is 17.0 Å². The van der Waals surface area contributed by atoms with Crippen molar-refractivity contribution >= 4 is 22.5 Å². The van der Waals surface area contributed by atoms with Crippen LogP contribution in [0, 0.1) is 5.82 Å². The van der Waals surface area contributed by atoms with Crippen molar-refractivity contribution in [1.29, 1.82) is 0 Å². The van der Waals surface area contributed by atoms with E-state index in [4.69, 9.17) is 4.74 Å². The number of amides is 1. The number of pyridine rings is 1. The Hall–Kier alpha value is -2.61. The summed E-state index contributed by atoms with van der Waals surface area (Å²) in [4.78, 5) is 30.4. The van der Waals surface area contributed by atoms with Gasteiger partial charge >= 0.3 is 0 Å². The van der Waals surface area contributed by atoms with Gasteiger partial charge in [0.1, 0.15) is 17.9 Å². The van der Waals surface area contributed by atoms with Crippen LogP contribution in [-0.2, 0) is 0 Å². The van der Waals surface area contributed by atoms with Crippen molar-refractivity contribution in [2.24, 2.45) is 0 Å². The quantitative estimate of drug-likeness (QED) is 0.560. The second kappa shape index (κ2) is 10.8. The minimum Gasteiger partial charge on any atom is -0.487 e. The Morgan fingerprint density at radius 3 is 2.59 bits per heavy atom. The van der Waals surface area contributed by atoms with Crippen LogP contribution >= 0.6 is 0 Å². The van der Waals surface area contributed by atoms with Crippen LogP contribution in [-0.4, -0.2) is 61.8 Å². The van der Waals surface area contributed by atoms with Crippen LogP contribution in [0.15, 0.2) is 17.1 Å². The first-order chi connectivity index (χ1) is 16.4. The maximum absolute atomic E-state index is 15.4. The Morgan fingerprint density at radius 2 is 1.85 bits per heavy atom. The van der Waals surface area contributed by atoms with Crippen molar-refractivity contribution in [2.75, 3.05) is 51.3 Å². The summed E-state index contributed by atoms with van der Waals surface area (Å²) in [6.45, 7) is 8.09. The van der Waals surface area contributed by atoms with E-state index in [1.807, 2.05) is 23.4 Å². The number of carbonyl (C=O) groups excluding carboxylic acids is 1. The van der Waals surface area contributed by atoms with E-state index < -0.39 is 17.2 Å². The Balaban J connectivity index is 1.62. The van der Waals surface area contributed by atoms with Crippen LogP contribution in [0.5, 0.6) is 5.75 Å². The molecule has 2 aliphatic rings. The lowest BCUT2D eigenvalue weighted by Crippen LogP contribution is -2.45. The van der Waals surface area contributed by atoms with E-state index >= 15 is 4.39 Å². The largest absolute Gasteiger partial charge is 0.487 e. The van der Waals surface area contributed by atoms with Gasteiger partial charge in [-0.3, -0.25) is 9.59 Å². The number of likely N-dealkylation sites (N-methyl/N-ethyl adjacent to an activating group) is 1. The molecular formula is C26H37FN4O3. The summed E-state index contributed by atoms with van der Waals surface area (Å²) in [5.74, 6) is -0.461. The van der Waals surface area contributed by atoms with Gasteiger partial charge in [0.15, 0.2) is 11.6 Å². The van der Waals surface area contributed by atoms with Crippen molar-refractivity contribution < 1.29 is 13.9 Å². The zero-order valence-electron chi connectivity index (χ0n) is 20.7. The van der Waals surface area contributed by atoms with Crippen molar-refractivity contribution in [3.05, 3.63) is 33.9 Å². The summed E-state index contributed by atoms with van der Waals surface area (Å²) < 4.78 is 23.3. The molecule has 0 unspecified atom stereocenters. The maximum atomic E-state index is 15.4. The van der Waals surface area contributed by atoms with Crippen molar-refractivity contribution in [3.63, 3.8) is 0 Å². The topological polar surface area (TPSA) is 66.8 Å². The highest BCUT2D eigenvalue weighted by Gasteiger charge is 2.31. The van der Waals surface area contributed by atoms with E-state index in [0.717, 1.165) is 32.4 Å². The molecule has 0 saturated carbocycles. The summed E-state index contributed by atoms with van der Waals surface area (Å²) in [6.07, 6.45) is 8.37. The van der Waals surface area contributed by atoms with Crippen LogP contribution in [0.25, 0.3) is 10.9 Å². The number of aromatic nitrogens is 1. The molecule has 186 valence electrons. The molecule has 7 nitrogen and oxygen atoms in total. The zero-order valence-corrected chi connectivity index (χ0v) is 20.7. The molecule has 0 bridgehead atoms. The molecule has 1 aromatic heterocycles. The van der Waals surface area contributed by atoms with Gasteiger partial charge in [-0.25, -0.2) is 4.39 Å². The molecule has 1 amide bonds. The fraction of sp³-hybridized carbons (Fsp3) is 0.615. The monoisotopic (exact) mass is 472 g/mol. The average Bonchev–Trinajstić information content (AvgIpc) is 2.82. The lowest BCUT2D eigenvalue weighted by Gasteiger charge is -2.37. The van der Waals surface area contributed by atoms with Gasteiger partial charge in [0.05, 0.1) is 16.9 Å². The zero-order chi connectivity index (χ0) is 24.2. The molecule has 1 saturated heterocycles. The molecule has 1 fully saturated rings. The molecule has 1 N–H and O–H groups in total. The highest BCUT2D eigenvalue weighted by Crippen LogP contribution is 2.42. The molecule has 2 aliphatic heterocycles. The molecule has 4 rings (SSSR count). The number of nitrogens with one attached hydrogen (secondary N) is 1. The summed E-state index contributed by atoms with van der Waals surface area (Å²) in [6, 6.07) is 1.21. The average molecular weight is 473 g/mol. The van der Waals surface area contributed by atoms with Gasteiger partial charge in [0, 0.05) is 38.9 Å². The van der Waals surface area contributed by atoms with Gasteiger partial charge in [-0.05, 0) is 26.5 Å². The highest BCUT2D eigenvalue weighted by molar-refractivity contribution is 6.00. The van der Waals surface area contributed by atoms with Gasteiger partial charge in [-0.2, -0.15) is 0 Å². The molecule has 0 spiro atoms. The second-order valence-corrected chi connectivity index (χ2v) is 9.69. The van der Waals surface area contributed by atoms with Gasteiger partial charge in [0.25, 0.3) is 5.91 Å². The molecule has 8 heteroatoms.